The second-order valence-electron chi connectivity index (χ2n) is 3.04. The van der Waals surface area contributed by atoms with E-state index in [0.29, 0.717) is 10.9 Å². The molecule has 6 heteroatoms. The molecule has 0 aliphatic carbocycles. The van der Waals surface area contributed by atoms with E-state index in [1.54, 1.807) is 10.6 Å². The first-order valence-electron chi connectivity index (χ1n) is 4.81. The van der Waals surface area contributed by atoms with E-state index in [1.807, 2.05) is 6.92 Å². The minimum atomic E-state index is 0.393. The topological polar surface area (TPSA) is 55.1 Å². The molecule has 0 fully saturated rings. The fraction of sp³-hybridized carbons (Fsp3) is 0.300. The zero-order valence-electron chi connectivity index (χ0n) is 8.74. The maximum atomic E-state index is 5.86. The highest BCUT2D eigenvalue weighted by atomic mass is 35.5. The average molecular weight is 236 g/mol. The quantitative estimate of drug-likeness (QED) is 0.499. The van der Waals surface area contributed by atoms with Crippen molar-refractivity contribution in [1.82, 2.24) is 19.6 Å². The molecule has 2 aromatic heterocycles. The van der Waals surface area contributed by atoms with Crippen LogP contribution in [0, 0.1) is 11.8 Å². The summed E-state index contributed by atoms with van der Waals surface area (Å²) in [6, 6.07) is 1.71. The first-order chi connectivity index (χ1) is 7.81. The summed E-state index contributed by atoms with van der Waals surface area (Å²) >= 11 is 5.86. The Kier molecular flexibility index (Phi) is 3.22. The van der Waals surface area contributed by atoms with Crippen LogP contribution in [0.3, 0.4) is 0 Å². The third-order valence-corrected chi connectivity index (χ3v) is 2.15. The Hall–Kier alpha value is -1.80. The van der Waals surface area contributed by atoms with Crippen LogP contribution in [0.15, 0.2) is 12.4 Å². The van der Waals surface area contributed by atoms with Crippen molar-refractivity contribution < 1.29 is 0 Å². The standard InChI is InChI=1S/C10H10ClN5/c1-2-3-4-5-12-9-6-8(11)15-10-13-7-14-16(9)10/h6-7,12H,4-5H2,1H3. The normalized spacial score (nSPS) is 9.88. The van der Waals surface area contributed by atoms with E-state index in [2.05, 4.69) is 32.2 Å². The lowest BCUT2D eigenvalue weighted by molar-refractivity contribution is 0.923. The molecule has 0 amide bonds. The van der Waals surface area contributed by atoms with Gasteiger partial charge in [0, 0.05) is 19.0 Å². The predicted molar refractivity (Wildman–Crippen MR) is 62.3 cm³/mol. The molecule has 0 spiro atoms. The summed E-state index contributed by atoms with van der Waals surface area (Å²) in [4.78, 5) is 8.00. The molecule has 0 aromatic carbocycles. The summed E-state index contributed by atoms with van der Waals surface area (Å²) in [5, 5.41) is 7.62. The number of rotatable bonds is 3. The Labute approximate surface area is 97.9 Å². The molecule has 1 N–H and O–H groups in total. The van der Waals surface area contributed by atoms with E-state index in [0.717, 1.165) is 18.8 Å². The Bertz CT molecular complexity index is 551. The van der Waals surface area contributed by atoms with Crippen molar-refractivity contribution in [2.24, 2.45) is 0 Å². The van der Waals surface area contributed by atoms with Gasteiger partial charge in [-0.05, 0) is 6.92 Å². The molecule has 82 valence electrons. The molecule has 0 bridgehead atoms. The van der Waals surface area contributed by atoms with Crippen LogP contribution in [-0.4, -0.2) is 26.1 Å². The molecule has 0 radical (unpaired) electrons. The highest BCUT2D eigenvalue weighted by Gasteiger charge is 2.04. The fourth-order valence-corrected chi connectivity index (χ4v) is 1.47. The number of fused-ring (bicyclic) bond motifs is 1. The van der Waals surface area contributed by atoms with E-state index < -0.39 is 0 Å². The summed E-state index contributed by atoms with van der Waals surface area (Å²) in [7, 11) is 0. The van der Waals surface area contributed by atoms with Gasteiger partial charge in [0.05, 0.1) is 0 Å². The number of nitrogens with zero attached hydrogens (tertiary/aromatic N) is 4. The van der Waals surface area contributed by atoms with Crippen LogP contribution in [0.25, 0.3) is 5.78 Å². The molecule has 0 unspecified atom stereocenters. The lowest BCUT2D eigenvalue weighted by atomic mass is 10.4. The first kappa shape index (κ1) is 10.7. The fourth-order valence-electron chi connectivity index (χ4n) is 1.29. The molecular weight excluding hydrogens is 226 g/mol. The minimum Gasteiger partial charge on any atom is -0.369 e. The van der Waals surface area contributed by atoms with E-state index in [4.69, 9.17) is 11.6 Å². The van der Waals surface area contributed by atoms with Gasteiger partial charge in [-0.3, -0.25) is 0 Å². The van der Waals surface area contributed by atoms with Gasteiger partial charge in [0.2, 0.25) is 0 Å². The number of hydrogen-bond donors (Lipinski definition) is 1. The molecule has 2 aromatic rings. The molecule has 2 heterocycles. The second kappa shape index (κ2) is 4.81. The van der Waals surface area contributed by atoms with E-state index >= 15 is 0 Å². The number of nitrogens with one attached hydrogen (secondary N) is 1. The summed E-state index contributed by atoms with van der Waals surface area (Å²) in [6.45, 7) is 2.55. The number of aromatic nitrogens is 4. The summed E-state index contributed by atoms with van der Waals surface area (Å²) in [5.74, 6) is 7.05. The smallest absolute Gasteiger partial charge is 0.255 e. The Morgan fingerprint density at radius 2 is 2.44 bits per heavy atom. The van der Waals surface area contributed by atoms with Crippen molar-refractivity contribution in [3.63, 3.8) is 0 Å². The van der Waals surface area contributed by atoms with Crippen molar-refractivity contribution >= 4 is 23.2 Å². The van der Waals surface area contributed by atoms with Crippen molar-refractivity contribution in [3.05, 3.63) is 17.5 Å². The molecular formula is C10H10ClN5. The van der Waals surface area contributed by atoms with Gasteiger partial charge in [-0.25, -0.2) is 0 Å². The van der Waals surface area contributed by atoms with Crippen LogP contribution in [-0.2, 0) is 0 Å². The zero-order valence-corrected chi connectivity index (χ0v) is 9.49. The van der Waals surface area contributed by atoms with Crippen LogP contribution in [0.4, 0.5) is 5.82 Å². The minimum absolute atomic E-state index is 0.393. The molecule has 0 aliphatic rings. The van der Waals surface area contributed by atoms with Crippen LogP contribution in [0.1, 0.15) is 13.3 Å². The number of hydrogen-bond acceptors (Lipinski definition) is 4. The van der Waals surface area contributed by atoms with Crippen molar-refractivity contribution in [1.29, 1.82) is 0 Å². The van der Waals surface area contributed by atoms with E-state index in [9.17, 15) is 0 Å². The van der Waals surface area contributed by atoms with Gasteiger partial charge in [0.1, 0.15) is 17.3 Å². The molecule has 0 saturated heterocycles. The lowest BCUT2D eigenvalue weighted by Gasteiger charge is -2.05. The molecule has 5 nitrogen and oxygen atoms in total. The highest BCUT2D eigenvalue weighted by molar-refractivity contribution is 6.29. The summed E-state index contributed by atoms with van der Waals surface area (Å²) in [6.07, 6.45) is 2.21. The monoisotopic (exact) mass is 235 g/mol. The average Bonchev–Trinajstić information content (AvgIpc) is 2.72. The molecule has 0 atom stereocenters. The van der Waals surface area contributed by atoms with Crippen molar-refractivity contribution in [2.75, 3.05) is 11.9 Å². The molecule has 0 saturated carbocycles. The van der Waals surface area contributed by atoms with Gasteiger partial charge < -0.3 is 5.32 Å². The summed E-state index contributed by atoms with van der Waals surface area (Å²) < 4.78 is 1.60. The van der Waals surface area contributed by atoms with Gasteiger partial charge in [-0.2, -0.15) is 19.6 Å². The van der Waals surface area contributed by atoms with Gasteiger partial charge >= 0.3 is 0 Å². The number of halogens is 1. The van der Waals surface area contributed by atoms with Crippen LogP contribution in [0.5, 0.6) is 0 Å². The number of anilines is 1. The molecule has 0 aliphatic heterocycles. The van der Waals surface area contributed by atoms with Gasteiger partial charge in [0.25, 0.3) is 5.78 Å². The van der Waals surface area contributed by atoms with E-state index in [1.165, 1.54) is 6.33 Å². The maximum absolute atomic E-state index is 5.86. The summed E-state index contributed by atoms with van der Waals surface area (Å²) in [5.41, 5.74) is 0. The first-order valence-corrected chi connectivity index (χ1v) is 5.19. The molecule has 2 rings (SSSR count). The van der Waals surface area contributed by atoms with Gasteiger partial charge in [0.15, 0.2) is 0 Å². The lowest BCUT2D eigenvalue weighted by Crippen LogP contribution is -2.07. The van der Waals surface area contributed by atoms with Crippen molar-refractivity contribution in [3.8, 4) is 11.8 Å². The van der Waals surface area contributed by atoms with E-state index in [-0.39, 0.29) is 0 Å². The van der Waals surface area contributed by atoms with Gasteiger partial charge in [-0.1, -0.05) is 11.6 Å². The van der Waals surface area contributed by atoms with Crippen LogP contribution in [0.2, 0.25) is 5.15 Å². The maximum Gasteiger partial charge on any atom is 0.255 e. The van der Waals surface area contributed by atoms with Crippen LogP contribution >= 0.6 is 11.6 Å². The largest absolute Gasteiger partial charge is 0.369 e. The van der Waals surface area contributed by atoms with Crippen LogP contribution < -0.4 is 5.32 Å². The van der Waals surface area contributed by atoms with Gasteiger partial charge in [-0.15, -0.1) is 11.8 Å². The van der Waals surface area contributed by atoms with Crippen molar-refractivity contribution in [2.45, 2.75) is 13.3 Å². The Balaban J connectivity index is 2.20. The SMILES string of the molecule is CC#CCCNc1cc(Cl)nc2ncnn12. The third kappa shape index (κ3) is 2.23. The Morgan fingerprint density at radius 3 is 3.25 bits per heavy atom. The zero-order chi connectivity index (χ0) is 11.4. The Morgan fingerprint density at radius 1 is 1.56 bits per heavy atom. The predicted octanol–water partition coefficient (Wildman–Crippen LogP) is 1.60. The third-order valence-electron chi connectivity index (χ3n) is 1.95. The highest BCUT2D eigenvalue weighted by Crippen LogP contribution is 2.13. The second-order valence-corrected chi connectivity index (χ2v) is 3.43. The molecule has 16 heavy (non-hydrogen) atoms.